The molecule has 1 amide bonds. The number of hydrogen-bond acceptors (Lipinski definition) is 4. The average Bonchev–Trinajstić information content (AvgIpc) is 2.22. The van der Waals surface area contributed by atoms with Crippen LogP contribution in [0.15, 0.2) is 0 Å². The maximum absolute atomic E-state index is 11.8. The fourth-order valence-corrected chi connectivity index (χ4v) is 1.99. The number of thioether (sulfide) groups is 1. The third-order valence-corrected chi connectivity index (χ3v) is 3.44. The SMILES string of the molecule is COC(=O)C(CC(C)C)NC(=O)CSC(C)(C)C. The molecule has 1 N–H and O–H groups in total. The number of methoxy groups -OCH3 is 1. The molecule has 4 nitrogen and oxygen atoms in total. The maximum atomic E-state index is 11.8. The summed E-state index contributed by atoms with van der Waals surface area (Å²) in [6.07, 6.45) is 0.596. The Balaban J connectivity index is 4.31. The third kappa shape index (κ3) is 8.39. The molecule has 5 heteroatoms. The van der Waals surface area contributed by atoms with Gasteiger partial charge in [0.15, 0.2) is 0 Å². The van der Waals surface area contributed by atoms with Crippen LogP contribution >= 0.6 is 11.8 Å². The van der Waals surface area contributed by atoms with Crippen molar-refractivity contribution in [2.45, 2.75) is 51.8 Å². The van der Waals surface area contributed by atoms with E-state index in [0.29, 0.717) is 18.1 Å². The summed E-state index contributed by atoms with van der Waals surface area (Å²) in [7, 11) is 1.34. The number of esters is 1. The summed E-state index contributed by atoms with van der Waals surface area (Å²) in [5.74, 6) is 0.184. The van der Waals surface area contributed by atoms with Gasteiger partial charge < -0.3 is 10.1 Å². The summed E-state index contributed by atoms with van der Waals surface area (Å²) < 4.78 is 4.74. The van der Waals surface area contributed by atoms with Gasteiger partial charge in [0.05, 0.1) is 12.9 Å². The van der Waals surface area contributed by atoms with Crippen molar-refractivity contribution in [2.75, 3.05) is 12.9 Å². The van der Waals surface area contributed by atoms with Crippen molar-refractivity contribution in [3.05, 3.63) is 0 Å². The number of carbonyl (C=O) groups excluding carboxylic acids is 2. The van der Waals surface area contributed by atoms with Crippen molar-refractivity contribution in [2.24, 2.45) is 5.92 Å². The zero-order valence-electron chi connectivity index (χ0n) is 12.2. The number of carbonyl (C=O) groups is 2. The van der Waals surface area contributed by atoms with Gasteiger partial charge in [-0.3, -0.25) is 4.79 Å². The van der Waals surface area contributed by atoms with Gasteiger partial charge in [-0.05, 0) is 12.3 Å². The fraction of sp³-hybridized carbons (Fsp3) is 0.846. The average molecular weight is 275 g/mol. The van der Waals surface area contributed by atoms with Crippen molar-refractivity contribution < 1.29 is 14.3 Å². The van der Waals surface area contributed by atoms with Gasteiger partial charge in [-0.2, -0.15) is 0 Å². The smallest absolute Gasteiger partial charge is 0.328 e. The van der Waals surface area contributed by atoms with E-state index >= 15 is 0 Å². The number of hydrogen-bond donors (Lipinski definition) is 1. The molecule has 18 heavy (non-hydrogen) atoms. The Labute approximate surface area is 114 Å². The molecule has 0 aliphatic rings. The summed E-state index contributed by atoms with van der Waals surface area (Å²) >= 11 is 1.56. The molecule has 1 unspecified atom stereocenters. The zero-order valence-corrected chi connectivity index (χ0v) is 13.0. The second-order valence-corrected chi connectivity index (χ2v) is 7.48. The van der Waals surface area contributed by atoms with Crippen molar-refractivity contribution in [3.63, 3.8) is 0 Å². The number of rotatable bonds is 6. The highest BCUT2D eigenvalue weighted by Crippen LogP contribution is 2.22. The molecule has 0 rings (SSSR count). The topological polar surface area (TPSA) is 55.4 Å². The highest BCUT2D eigenvalue weighted by molar-refractivity contribution is 8.01. The lowest BCUT2D eigenvalue weighted by atomic mass is 10.0. The predicted octanol–water partition coefficient (Wildman–Crippen LogP) is 2.22. The number of ether oxygens (including phenoxy) is 1. The summed E-state index contributed by atoms with van der Waals surface area (Å²) in [6.45, 7) is 10.2. The van der Waals surface area contributed by atoms with Crippen molar-refractivity contribution >= 4 is 23.6 Å². The molecule has 0 fully saturated rings. The molecule has 0 aromatic rings. The van der Waals surface area contributed by atoms with Crippen LogP contribution in [0.1, 0.15) is 41.0 Å². The lowest BCUT2D eigenvalue weighted by Crippen LogP contribution is -2.43. The third-order valence-electron chi connectivity index (χ3n) is 2.16. The minimum atomic E-state index is -0.539. The molecular formula is C13H25NO3S. The van der Waals surface area contributed by atoms with Gasteiger partial charge >= 0.3 is 5.97 Å². The first kappa shape index (κ1) is 17.3. The van der Waals surface area contributed by atoms with E-state index in [1.54, 1.807) is 11.8 Å². The molecular weight excluding hydrogens is 250 g/mol. The Morgan fingerprint density at radius 3 is 2.22 bits per heavy atom. The van der Waals surface area contributed by atoms with Crippen LogP contribution in [0.5, 0.6) is 0 Å². The second kappa shape index (κ2) is 7.67. The molecule has 0 aliphatic heterocycles. The van der Waals surface area contributed by atoms with Gasteiger partial charge in [0.25, 0.3) is 0 Å². The van der Waals surface area contributed by atoms with Crippen molar-refractivity contribution in [1.82, 2.24) is 5.32 Å². The minimum Gasteiger partial charge on any atom is -0.467 e. The Hall–Kier alpha value is -0.710. The zero-order chi connectivity index (χ0) is 14.3. The van der Waals surface area contributed by atoms with Gasteiger partial charge in [-0.25, -0.2) is 4.79 Å². The molecule has 0 radical (unpaired) electrons. The van der Waals surface area contributed by atoms with E-state index in [1.165, 1.54) is 7.11 Å². The molecule has 0 heterocycles. The minimum absolute atomic E-state index is 0.0378. The highest BCUT2D eigenvalue weighted by Gasteiger charge is 2.23. The van der Waals surface area contributed by atoms with Gasteiger partial charge in [-0.15, -0.1) is 11.8 Å². The van der Waals surface area contributed by atoms with Gasteiger partial charge in [0.1, 0.15) is 6.04 Å². The van der Waals surface area contributed by atoms with Gasteiger partial charge in [0, 0.05) is 4.75 Å². The van der Waals surface area contributed by atoms with Gasteiger partial charge in [0.2, 0.25) is 5.91 Å². The molecule has 0 spiro atoms. The Kier molecular flexibility index (Phi) is 7.36. The van der Waals surface area contributed by atoms with Crippen LogP contribution in [0.25, 0.3) is 0 Å². The Morgan fingerprint density at radius 2 is 1.83 bits per heavy atom. The first-order valence-corrected chi connectivity index (χ1v) is 7.15. The molecule has 0 saturated carbocycles. The van der Waals surface area contributed by atoms with Crippen LogP contribution in [0.2, 0.25) is 0 Å². The van der Waals surface area contributed by atoms with Crippen LogP contribution in [-0.4, -0.2) is 35.5 Å². The second-order valence-electron chi connectivity index (χ2n) is 5.67. The van der Waals surface area contributed by atoms with Crippen molar-refractivity contribution in [3.8, 4) is 0 Å². The Morgan fingerprint density at radius 1 is 1.28 bits per heavy atom. The predicted molar refractivity (Wildman–Crippen MR) is 75.6 cm³/mol. The van der Waals surface area contributed by atoms with Crippen LogP contribution < -0.4 is 5.32 Å². The first-order valence-electron chi connectivity index (χ1n) is 6.17. The lowest BCUT2D eigenvalue weighted by molar-refractivity contribution is -0.145. The van der Waals surface area contributed by atoms with E-state index in [-0.39, 0.29) is 16.6 Å². The summed E-state index contributed by atoms with van der Waals surface area (Å²) in [5.41, 5.74) is 0. The van der Waals surface area contributed by atoms with Gasteiger partial charge in [-0.1, -0.05) is 34.6 Å². The van der Waals surface area contributed by atoms with E-state index < -0.39 is 6.04 Å². The van der Waals surface area contributed by atoms with E-state index in [9.17, 15) is 9.59 Å². The quantitative estimate of drug-likeness (QED) is 0.755. The molecule has 0 bridgehead atoms. The maximum Gasteiger partial charge on any atom is 0.328 e. The monoisotopic (exact) mass is 275 g/mol. The van der Waals surface area contributed by atoms with Crippen LogP contribution in [-0.2, 0) is 14.3 Å². The standard InChI is InChI=1S/C13H25NO3S/c1-9(2)7-10(12(16)17-6)14-11(15)8-18-13(3,4)5/h9-10H,7-8H2,1-6H3,(H,14,15). The summed E-state index contributed by atoms with van der Waals surface area (Å²) in [6, 6.07) is -0.539. The molecule has 0 aromatic carbocycles. The normalized spacial score (nSPS) is 13.3. The van der Waals surface area contributed by atoms with Crippen LogP contribution in [0, 0.1) is 5.92 Å². The van der Waals surface area contributed by atoms with E-state index in [2.05, 4.69) is 26.1 Å². The fourth-order valence-electron chi connectivity index (χ4n) is 1.35. The van der Waals surface area contributed by atoms with Crippen LogP contribution in [0.3, 0.4) is 0 Å². The highest BCUT2D eigenvalue weighted by atomic mass is 32.2. The van der Waals surface area contributed by atoms with E-state index in [0.717, 1.165) is 0 Å². The summed E-state index contributed by atoms with van der Waals surface area (Å²) in [5, 5.41) is 2.74. The molecule has 106 valence electrons. The molecule has 0 aromatic heterocycles. The number of nitrogens with one attached hydrogen (secondary N) is 1. The largest absolute Gasteiger partial charge is 0.467 e. The molecule has 0 saturated heterocycles. The van der Waals surface area contributed by atoms with E-state index in [1.807, 2.05) is 13.8 Å². The lowest BCUT2D eigenvalue weighted by Gasteiger charge is -2.20. The summed E-state index contributed by atoms with van der Waals surface area (Å²) in [4.78, 5) is 23.3. The van der Waals surface area contributed by atoms with Crippen molar-refractivity contribution in [1.29, 1.82) is 0 Å². The first-order chi connectivity index (χ1) is 8.15. The molecule has 1 atom stereocenters. The Bertz CT molecular complexity index is 284. The van der Waals surface area contributed by atoms with Crippen LogP contribution in [0.4, 0.5) is 0 Å². The van der Waals surface area contributed by atoms with E-state index in [4.69, 9.17) is 4.74 Å². The molecule has 0 aliphatic carbocycles. The number of amides is 1.